The molecule has 0 saturated heterocycles. The third-order valence-electron chi connectivity index (χ3n) is 4.94. The van der Waals surface area contributed by atoms with E-state index in [4.69, 9.17) is 4.74 Å². The molecule has 1 unspecified atom stereocenters. The first-order chi connectivity index (χ1) is 9.53. The first-order valence-electron chi connectivity index (χ1n) is 8.45. The Balaban J connectivity index is 4.92. The van der Waals surface area contributed by atoms with Crippen LogP contribution in [0.5, 0.6) is 0 Å². The van der Waals surface area contributed by atoms with E-state index in [1.165, 1.54) is 0 Å². The number of hydrogen-bond donors (Lipinski definition) is 1. The molecule has 0 aromatic rings. The van der Waals surface area contributed by atoms with E-state index in [0.29, 0.717) is 6.42 Å². The van der Waals surface area contributed by atoms with Crippen molar-refractivity contribution in [3.8, 4) is 0 Å². The van der Waals surface area contributed by atoms with Gasteiger partial charge in [0.1, 0.15) is 0 Å². The zero-order chi connectivity index (χ0) is 18.0. The summed E-state index contributed by atoms with van der Waals surface area (Å²) >= 11 is 0. The maximum absolute atomic E-state index is 11.7. The lowest BCUT2D eigenvalue weighted by molar-refractivity contribution is -0.157. The number of rotatable bonds is 7. The lowest BCUT2D eigenvalue weighted by atomic mass is 9.64. The highest BCUT2D eigenvalue weighted by Gasteiger charge is 2.40. The Bertz CT molecular complexity index is 375. The van der Waals surface area contributed by atoms with Crippen molar-refractivity contribution in [2.24, 2.45) is 16.7 Å². The van der Waals surface area contributed by atoms with Gasteiger partial charge >= 0.3 is 0 Å². The zero-order valence-corrected chi connectivity index (χ0v) is 16.8. The van der Waals surface area contributed by atoms with Crippen LogP contribution in [0.2, 0.25) is 0 Å². The second-order valence-corrected chi connectivity index (χ2v) is 9.65. The molecule has 0 bridgehead atoms. The summed E-state index contributed by atoms with van der Waals surface area (Å²) in [6.07, 6.45) is 1.69. The summed E-state index contributed by atoms with van der Waals surface area (Å²) in [6, 6.07) is 0. The minimum atomic E-state index is -0.330. The topological polar surface area (TPSA) is 38.3 Å². The molecule has 0 spiro atoms. The van der Waals surface area contributed by atoms with Gasteiger partial charge in [0.25, 0.3) is 0 Å². The summed E-state index contributed by atoms with van der Waals surface area (Å²) < 4.78 is 6.44. The molecule has 22 heavy (non-hydrogen) atoms. The van der Waals surface area contributed by atoms with Gasteiger partial charge in [-0.2, -0.15) is 0 Å². The molecule has 0 rings (SSSR count). The second kappa shape index (κ2) is 6.90. The third kappa shape index (κ3) is 6.68. The van der Waals surface area contributed by atoms with E-state index < -0.39 is 0 Å². The Morgan fingerprint density at radius 2 is 1.41 bits per heavy atom. The molecule has 0 fully saturated rings. The molecule has 0 aliphatic carbocycles. The van der Waals surface area contributed by atoms with E-state index in [-0.39, 0.29) is 33.9 Å². The van der Waals surface area contributed by atoms with Crippen LogP contribution in [0.4, 0.5) is 0 Å². The number of nitrogens with one attached hydrogen (secondary N) is 1. The van der Waals surface area contributed by atoms with Crippen LogP contribution in [-0.2, 0) is 9.53 Å². The molecule has 0 radical (unpaired) electrons. The fraction of sp³-hybridized carbons (Fsp3) is 0.947. The Morgan fingerprint density at radius 1 is 0.955 bits per heavy atom. The van der Waals surface area contributed by atoms with Crippen LogP contribution in [-0.4, -0.2) is 24.2 Å². The van der Waals surface area contributed by atoms with Gasteiger partial charge in [-0.3, -0.25) is 4.79 Å². The molecule has 0 aliphatic rings. The number of amides is 1. The highest BCUT2D eigenvalue weighted by Crippen LogP contribution is 2.45. The lowest BCUT2D eigenvalue weighted by Crippen LogP contribution is -2.44. The summed E-state index contributed by atoms with van der Waals surface area (Å²) in [5, 5.41) is 2.71. The molecule has 0 aliphatic heterocycles. The van der Waals surface area contributed by atoms with Crippen molar-refractivity contribution in [2.45, 2.75) is 93.3 Å². The zero-order valence-electron chi connectivity index (χ0n) is 16.8. The largest absolute Gasteiger partial charge is 0.370 e. The Morgan fingerprint density at radius 3 is 1.77 bits per heavy atom. The Kier molecular flexibility index (Phi) is 6.72. The standard InChI is InChI=1S/C19H39NO2/c1-14(15(21)20-11)12-18(7,8)22-19(9,10)13-17(5,6)16(2,3)4/h14H,12-13H2,1-11H3,(H,20,21). The molecule has 1 atom stereocenters. The molecular formula is C19H39NO2. The summed E-state index contributed by atoms with van der Waals surface area (Å²) in [6.45, 7) is 21.9. The van der Waals surface area contributed by atoms with Crippen LogP contribution in [0, 0.1) is 16.7 Å². The normalized spacial score (nSPS) is 15.6. The fourth-order valence-corrected chi connectivity index (χ4v) is 3.23. The number of carbonyl (C=O) groups is 1. The van der Waals surface area contributed by atoms with E-state index in [0.717, 1.165) is 6.42 Å². The van der Waals surface area contributed by atoms with Gasteiger partial charge < -0.3 is 10.1 Å². The first kappa shape index (κ1) is 21.4. The van der Waals surface area contributed by atoms with Crippen LogP contribution >= 0.6 is 0 Å². The average molecular weight is 314 g/mol. The molecule has 0 aromatic heterocycles. The van der Waals surface area contributed by atoms with Gasteiger partial charge in [0.05, 0.1) is 11.2 Å². The van der Waals surface area contributed by atoms with Crippen molar-refractivity contribution in [3.05, 3.63) is 0 Å². The van der Waals surface area contributed by atoms with Crippen molar-refractivity contribution < 1.29 is 9.53 Å². The van der Waals surface area contributed by atoms with Gasteiger partial charge in [0, 0.05) is 13.0 Å². The van der Waals surface area contributed by atoms with Gasteiger partial charge in [0.2, 0.25) is 5.91 Å². The molecule has 0 saturated carbocycles. The van der Waals surface area contributed by atoms with Crippen LogP contribution in [0.3, 0.4) is 0 Å². The molecule has 3 heteroatoms. The van der Waals surface area contributed by atoms with Crippen molar-refractivity contribution >= 4 is 5.91 Å². The van der Waals surface area contributed by atoms with E-state index in [2.05, 4.69) is 67.6 Å². The predicted octanol–water partition coefficient (Wildman–Crippen LogP) is 4.79. The average Bonchev–Trinajstić information content (AvgIpc) is 2.21. The van der Waals surface area contributed by atoms with E-state index in [1.54, 1.807) is 7.05 Å². The Labute approximate surface area is 138 Å². The van der Waals surface area contributed by atoms with E-state index >= 15 is 0 Å². The molecule has 3 nitrogen and oxygen atoms in total. The summed E-state index contributed by atoms with van der Waals surface area (Å²) in [5.41, 5.74) is -0.182. The molecular weight excluding hydrogens is 274 g/mol. The first-order valence-corrected chi connectivity index (χ1v) is 8.45. The molecule has 1 N–H and O–H groups in total. The summed E-state index contributed by atoms with van der Waals surface area (Å²) in [4.78, 5) is 11.7. The minimum absolute atomic E-state index is 0.0496. The molecule has 0 aromatic carbocycles. The second-order valence-electron chi connectivity index (χ2n) is 9.65. The molecule has 132 valence electrons. The molecule has 0 heterocycles. The van der Waals surface area contributed by atoms with Gasteiger partial charge in [-0.15, -0.1) is 0 Å². The quantitative estimate of drug-likeness (QED) is 0.733. The van der Waals surface area contributed by atoms with Crippen LogP contribution in [0.25, 0.3) is 0 Å². The maximum Gasteiger partial charge on any atom is 0.222 e. The Hall–Kier alpha value is -0.570. The van der Waals surface area contributed by atoms with Crippen molar-refractivity contribution in [2.75, 3.05) is 7.05 Å². The SMILES string of the molecule is CNC(=O)C(C)CC(C)(C)OC(C)(C)CC(C)(C)C(C)(C)C. The minimum Gasteiger partial charge on any atom is -0.370 e. The van der Waals surface area contributed by atoms with Crippen molar-refractivity contribution in [3.63, 3.8) is 0 Å². The lowest BCUT2D eigenvalue weighted by Gasteiger charge is -2.46. The monoisotopic (exact) mass is 313 g/mol. The smallest absolute Gasteiger partial charge is 0.222 e. The summed E-state index contributed by atoms with van der Waals surface area (Å²) in [7, 11) is 1.68. The number of hydrogen-bond acceptors (Lipinski definition) is 2. The van der Waals surface area contributed by atoms with Crippen LogP contribution < -0.4 is 5.32 Å². The number of ether oxygens (including phenoxy) is 1. The van der Waals surface area contributed by atoms with Crippen molar-refractivity contribution in [1.29, 1.82) is 0 Å². The predicted molar refractivity (Wildman–Crippen MR) is 94.9 cm³/mol. The highest BCUT2D eigenvalue weighted by atomic mass is 16.5. The van der Waals surface area contributed by atoms with Gasteiger partial charge in [-0.05, 0) is 51.4 Å². The van der Waals surface area contributed by atoms with E-state index in [9.17, 15) is 4.79 Å². The number of carbonyl (C=O) groups excluding carboxylic acids is 1. The van der Waals surface area contributed by atoms with Crippen LogP contribution in [0.1, 0.15) is 82.1 Å². The molecule has 1 amide bonds. The van der Waals surface area contributed by atoms with Gasteiger partial charge in [-0.1, -0.05) is 41.5 Å². The van der Waals surface area contributed by atoms with E-state index in [1.807, 2.05) is 6.92 Å². The summed E-state index contributed by atoms with van der Waals surface area (Å²) in [5.74, 6) is 0.0240. The van der Waals surface area contributed by atoms with Crippen molar-refractivity contribution in [1.82, 2.24) is 5.32 Å². The fourth-order valence-electron chi connectivity index (χ4n) is 3.23. The van der Waals surface area contributed by atoms with Crippen LogP contribution in [0.15, 0.2) is 0 Å². The third-order valence-corrected chi connectivity index (χ3v) is 4.94. The maximum atomic E-state index is 11.7. The highest BCUT2D eigenvalue weighted by molar-refractivity contribution is 5.77. The van der Waals surface area contributed by atoms with Gasteiger partial charge in [0.15, 0.2) is 0 Å². The van der Waals surface area contributed by atoms with Gasteiger partial charge in [-0.25, -0.2) is 0 Å².